The van der Waals surface area contributed by atoms with Gasteiger partial charge in [0.15, 0.2) is 0 Å². The second kappa shape index (κ2) is 7.19. The molecule has 1 aliphatic rings. The molecule has 6 heteroatoms. The van der Waals surface area contributed by atoms with E-state index < -0.39 is 7.82 Å². The van der Waals surface area contributed by atoms with Crippen LogP contribution in [0.2, 0.25) is 0 Å². The monoisotopic (exact) mass is 294 g/mol. The van der Waals surface area contributed by atoms with Crippen molar-refractivity contribution in [1.29, 1.82) is 0 Å². The zero-order valence-corrected chi connectivity index (χ0v) is 13.6. The van der Waals surface area contributed by atoms with Gasteiger partial charge in [-0.1, -0.05) is 19.3 Å². The van der Waals surface area contributed by atoms with Gasteiger partial charge in [-0.2, -0.15) is 0 Å². The van der Waals surface area contributed by atoms with Crippen LogP contribution >= 0.6 is 7.82 Å². The van der Waals surface area contributed by atoms with Crippen molar-refractivity contribution in [2.75, 3.05) is 34.3 Å². The molecular weight excluding hydrogens is 265 g/mol. The maximum Gasteiger partial charge on any atom is 0.472 e. The SMILES string of the molecule is CC(OP(=O)(O)OCC[N+](C)(C)C)C1CCCCC1. The van der Waals surface area contributed by atoms with Crippen LogP contribution in [0, 0.1) is 5.92 Å². The molecule has 1 fully saturated rings. The van der Waals surface area contributed by atoms with Crippen LogP contribution in [-0.4, -0.2) is 49.8 Å². The van der Waals surface area contributed by atoms with Crippen molar-refractivity contribution >= 4 is 7.82 Å². The lowest BCUT2D eigenvalue weighted by molar-refractivity contribution is -0.870. The van der Waals surface area contributed by atoms with Crippen molar-refractivity contribution in [1.82, 2.24) is 0 Å². The number of quaternary nitrogens is 1. The van der Waals surface area contributed by atoms with Crippen LogP contribution in [-0.2, 0) is 13.6 Å². The van der Waals surface area contributed by atoms with Gasteiger partial charge in [-0.25, -0.2) is 4.57 Å². The fraction of sp³-hybridized carbons (Fsp3) is 1.00. The van der Waals surface area contributed by atoms with E-state index in [0.29, 0.717) is 16.9 Å². The summed E-state index contributed by atoms with van der Waals surface area (Å²) < 4.78 is 22.9. The Kier molecular flexibility index (Phi) is 6.48. The van der Waals surface area contributed by atoms with Crippen molar-refractivity contribution < 1.29 is 23.0 Å². The molecule has 5 nitrogen and oxygen atoms in total. The second-order valence-electron chi connectivity index (χ2n) is 6.52. The molecule has 2 atom stereocenters. The first-order valence-electron chi connectivity index (χ1n) is 7.16. The highest BCUT2D eigenvalue weighted by Crippen LogP contribution is 2.46. The van der Waals surface area contributed by atoms with Gasteiger partial charge in [0.2, 0.25) is 0 Å². The van der Waals surface area contributed by atoms with Crippen molar-refractivity contribution in [3.8, 4) is 0 Å². The lowest BCUT2D eigenvalue weighted by atomic mass is 9.86. The summed E-state index contributed by atoms with van der Waals surface area (Å²) in [7, 11) is 2.12. The Balaban J connectivity index is 2.34. The maximum atomic E-state index is 11.9. The zero-order chi connectivity index (χ0) is 14.5. The Bertz CT molecular complexity index is 310. The molecule has 0 spiro atoms. The van der Waals surface area contributed by atoms with Crippen LogP contribution in [0.1, 0.15) is 39.0 Å². The molecule has 0 amide bonds. The van der Waals surface area contributed by atoms with Gasteiger partial charge in [-0.05, 0) is 25.7 Å². The van der Waals surface area contributed by atoms with E-state index in [4.69, 9.17) is 9.05 Å². The standard InChI is InChI=1S/C13H28NO4P/c1-12(13-8-6-5-7-9-13)18-19(15,16)17-11-10-14(2,3)4/h12-13H,5-11H2,1-4H3/p+1. The van der Waals surface area contributed by atoms with Crippen molar-refractivity contribution in [2.24, 2.45) is 5.92 Å². The summed E-state index contributed by atoms with van der Waals surface area (Å²) in [5.41, 5.74) is 0. The molecule has 2 unspecified atom stereocenters. The molecular formula is C13H29NO4P+. The van der Waals surface area contributed by atoms with Crippen LogP contribution in [0.4, 0.5) is 0 Å². The van der Waals surface area contributed by atoms with E-state index in [2.05, 4.69) is 0 Å². The van der Waals surface area contributed by atoms with Gasteiger partial charge in [-0.15, -0.1) is 0 Å². The average Bonchev–Trinajstić information content (AvgIpc) is 2.27. The number of phosphoric acid groups is 1. The normalized spacial score (nSPS) is 23.0. The fourth-order valence-corrected chi connectivity index (χ4v) is 3.33. The lowest BCUT2D eigenvalue weighted by Crippen LogP contribution is -2.37. The molecule has 0 aromatic heterocycles. The molecule has 1 rings (SSSR count). The van der Waals surface area contributed by atoms with E-state index >= 15 is 0 Å². The molecule has 0 saturated heterocycles. The number of nitrogens with zero attached hydrogens (tertiary/aromatic N) is 1. The highest BCUT2D eigenvalue weighted by atomic mass is 31.2. The number of hydrogen-bond donors (Lipinski definition) is 1. The summed E-state index contributed by atoms with van der Waals surface area (Å²) in [6, 6.07) is 0. The minimum atomic E-state index is -3.91. The average molecular weight is 294 g/mol. The smallest absolute Gasteiger partial charge is 0.329 e. The van der Waals surface area contributed by atoms with Crippen LogP contribution in [0.3, 0.4) is 0 Å². The highest BCUT2D eigenvalue weighted by Gasteiger charge is 2.30. The molecule has 19 heavy (non-hydrogen) atoms. The Morgan fingerprint density at radius 1 is 1.26 bits per heavy atom. The Morgan fingerprint density at radius 3 is 2.37 bits per heavy atom. The van der Waals surface area contributed by atoms with Gasteiger partial charge in [-0.3, -0.25) is 9.05 Å². The summed E-state index contributed by atoms with van der Waals surface area (Å²) in [4.78, 5) is 9.72. The van der Waals surface area contributed by atoms with Gasteiger partial charge in [0.25, 0.3) is 0 Å². The summed E-state index contributed by atoms with van der Waals surface area (Å²) >= 11 is 0. The van der Waals surface area contributed by atoms with Crippen LogP contribution in [0.15, 0.2) is 0 Å². The predicted octanol–water partition coefficient (Wildman–Crippen LogP) is 2.80. The van der Waals surface area contributed by atoms with Gasteiger partial charge in [0.1, 0.15) is 13.2 Å². The number of phosphoric ester groups is 1. The van der Waals surface area contributed by atoms with E-state index in [1.165, 1.54) is 19.3 Å². The van der Waals surface area contributed by atoms with E-state index in [1.54, 1.807) is 0 Å². The Hall–Kier alpha value is 0.0700. The quantitative estimate of drug-likeness (QED) is 0.579. The molecule has 114 valence electrons. The first-order valence-corrected chi connectivity index (χ1v) is 8.65. The summed E-state index contributed by atoms with van der Waals surface area (Å²) in [5.74, 6) is 0.385. The van der Waals surface area contributed by atoms with Gasteiger partial charge >= 0.3 is 7.82 Å². The Labute approximate surface area is 117 Å². The molecule has 0 heterocycles. The van der Waals surface area contributed by atoms with Gasteiger partial charge in [0.05, 0.1) is 27.2 Å². The summed E-state index contributed by atoms with van der Waals surface area (Å²) in [5, 5.41) is 0. The number of likely N-dealkylation sites (N-methyl/N-ethyl adjacent to an activating group) is 1. The molecule has 0 aromatic rings. The molecule has 0 radical (unpaired) electrons. The minimum Gasteiger partial charge on any atom is -0.329 e. The molecule has 0 aliphatic heterocycles. The van der Waals surface area contributed by atoms with E-state index in [-0.39, 0.29) is 12.7 Å². The van der Waals surface area contributed by atoms with Crippen LogP contribution in [0.25, 0.3) is 0 Å². The maximum absolute atomic E-state index is 11.9. The van der Waals surface area contributed by atoms with Crippen molar-refractivity contribution in [3.63, 3.8) is 0 Å². The van der Waals surface area contributed by atoms with Crippen LogP contribution < -0.4 is 0 Å². The van der Waals surface area contributed by atoms with E-state index in [1.807, 2.05) is 28.1 Å². The minimum absolute atomic E-state index is 0.208. The predicted molar refractivity (Wildman–Crippen MR) is 75.8 cm³/mol. The first kappa shape index (κ1) is 17.1. The van der Waals surface area contributed by atoms with Crippen molar-refractivity contribution in [2.45, 2.75) is 45.1 Å². The third-order valence-corrected chi connectivity index (χ3v) is 4.74. The van der Waals surface area contributed by atoms with E-state index in [9.17, 15) is 9.46 Å². The van der Waals surface area contributed by atoms with Gasteiger partial charge in [0, 0.05) is 0 Å². The number of rotatable bonds is 7. The molecule has 1 saturated carbocycles. The third-order valence-electron chi connectivity index (χ3n) is 3.63. The first-order chi connectivity index (χ1) is 8.70. The highest BCUT2D eigenvalue weighted by molar-refractivity contribution is 7.47. The molecule has 0 aromatic carbocycles. The Morgan fingerprint density at radius 2 is 1.84 bits per heavy atom. The van der Waals surface area contributed by atoms with Crippen LogP contribution in [0.5, 0.6) is 0 Å². The summed E-state index contributed by atoms with van der Waals surface area (Å²) in [6.45, 7) is 2.78. The zero-order valence-electron chi connectivity index (χ0n) is 12.7. The third kappa shape index (κ3) is 7.42. The van der Waals surface area contributed by atoms with E-state index in [0.717, 1.165) is 12.8 Å². The molecule has 0 bridgehead atoms. The number of hydrogen-bond acceptors (Lipinski definition) is 3. The van der Waals surface area contributed by atoms with Crippen molar-refractivity contribution in [3.05, 3.63) is 0 Å². The van der Waals surface area contributed by atoms with Gasteiger partial charge < -0.3 is 9.38 Å². The second-order valence-corrected chi connectivity index (χ2v) is 7.93. The topological polar surface area (TPSA) is 55.8 Å². The fourth-order valence-electron chi connectivity index (χ4n) is 2.36. The largest absolute Gasteiger partial charge is 0.472 e. The summed E-state index contributed by atoms with van der Waals surface area (Å²) in [6.07, 6.45) is 5.60. The lowest BCUT2D eigenvalue weighted by Gasteiger charge is -2.29. The molecule has 1 N–H and O–H groups in total. The molecule has 1 aliphatic carbocycles.